The first-order valence-electron chi connectivity index (χ1n) is 13.0. The number of hydrogen-bond donors (Lipinski definition) is 2. The first kappa shape index (κ1) is 32.7. The minimum atomic E-state index is -4.04. The van der Waals surface area contributed by atoms with Crippen LogP contribution in [0.5, 0.6) is 11.5 Å². The van der Waals surface area contributed by atoms with Crippen molar-refractivity contribution in [2.45, 2.75) is 6.92 Å². The third-order valence-electron chi connectivity index (χ3n) is 6.05. The molecule has 14 heteroatoms. The largest absolute Gasteiger partial charge is 0.494 e. The molecule has 4 aromatic rings. The van der Waals surface area contributed by atoms with E-state index in [1.54, 1.807) is 79.7 Å². The van der Waals surface area contributed by atoms with Crippen LogP contribution in [0.15, 0.2) is 93.9 Å². The first-order chi connectivity index (χ1) is 21.2. The van der Waals surface area contributed by atoms with Gasteiger partial charge in [-0.1, -0.05) is 31.2 Å². The van der Waals surface area contributed by atoms with Gasteiger partial charge in [0.1, 0.15) is 22.9 Å². The molecule has 4 rings (SSSR count). The molecule has 11 nitrogen and oxygen atoms in total. The summed E-state index contributed by atoms with van der Waals surface area (Å²) in [5.41, 5.74) is 8.83. The van der Waals surface area contributed by atoms with Crippen LogP contribution >= 0.6 is 39.5 Å². The Morgan fingerprint density at radius 3 is 1.48 bits per heavy atom. The van der Waals surface area contributed by atoms with Crippen molar-refractivity contribution >= 4 is 62.2 Å². The Hall–Kier alpha value is -4.23. The van der Waals surface area contributed by atoms with Crippen LogP contribution in [-0.4, -0.2) is 20.4 Å². The SMILES string of the molecule is CCP(=O)(ON(Nc1ccc(C#N)cc1OC)c1ccccc1Br)ON(Nc1ccc(C#N)cc1OC)c1ccccc1Br. The second-order valence-electron chi connectivity index (χ2n) is 8.86. The minimum Gasteiger partial charge on any atom is -0.494 e. The predicted molar refractivity (Wildman–Crippen MR) is 176 cm³/mol. The van der Waals surface area contributed by atoms with Crippen molar-refractivity contribution in [1.82, 2.24) is 0 Å². The smallest absolute Gasteiger partial charge is 0.376 e. The Kier molecular flexibility index (Phi) is 11.1. The van der Waals surface area contributed by atoms with Crippen LogP contribution in [0.4, 0.5) is 22.7 Å². The average Bonchev–Trinajstić information content (AvgIpc) is 3.05. The van der Waals surface area contributed by atoms with Crippen LogP contribution in [0.2, 0.25) is 0 Å². The molecule has 44 heavy (non-hydrogen) atoms. The number of nitriles is 2. The number of methoxy groups -OCH3 is 2. The van der Waals surface area contributed by atoms with Crippen LogP contribution in [0.1, 0.15) is 18.1 Å². The molecule has 226 valence electrons. The zero-order valence-corrected chi connectivity index (χ0v) is 27.9. The molecule has 0 radical (unpaired) electrons. The first-order valence-corrected chi connectivity index (χ1v) is 16.3. The summed E-state index contributed by atoms with van der Waals surface area (Å²) < 4.78 is 39.1. The summed E-state index contributed by atoms with van der Waals surface area (Å²) in [7, 11) is -1.08. The molecule has 0 unspecified atom stereocenters. The van der Waals surface area contributed by atoms with Gasteiger partial charge in [-0.2, -0.15) is 30.1 Å². The van der Waals surface area contributed by atoms with E-state index < -0.39 is 7.60 Å². The van der Waals surface area contributed by atoms with Gasteiger partial charge in [0.25, 0.3) is 0 Å². The fourth-order valence-corrected chi connectivity index (χ4v) is 5.69. The van der Waals surface area contributed by atoms with Crippen molar-refractivity contribution in [3.05, 3.63) is 105 Å². The number of halogens is 2. The third kappa shape index (κ3) is 7.83. The molecule has 0 saturated carbocycles. The summed E-state index contributed by atoms with van der Waals surface area (Å²) in [6.07, 6.45) is -0.0483. The van der Waals surface area contributed by atoms with Crippen molar-refractivity contribution in [3.8, 4) is 23.6 Å². The number of rotatable bonds is 13. The lowest BCUT2D eigenvalue weighted by Crippen LogP contribution is -2.34. The maximum absolute atomic E-state index is 14.5. The Balaban J connectivity index is 1.74. The van der Waals surface area contributed by atoms with Gasteiger partial charge in [0.15, 0.2) is 0 Å². The normalized spacial score (nSPS) is 10.7. The minimum absolute atomic E-state index is 0.0483. The highest BCUT2D eigenvalue weighted by Crippen LogP contribution is 2.52. The summed E-state index contributed by atoms with van der Waals surface area (Å²) in [5, 5.41) is 21.1. The molecule has 0 atom stereocenters. The van der Waals surface area contributed by atoms with Crippen molar-refractivity contribution < 1.29 is 23.3 Å². The van der Waals surface area contributed by atoms with Crippen LogP contribution < -0.4 is 30.7 Å². The maximum atomic E-state index is 14.5. The van der Waals surface area contributed by atoms with E-state index in [9.17, 15) is 15.1 Å². The molecule has 0 aliphatic carbocycles. The zero-order valence-electron chi connectivity index (χ0n) is 23.8. The van der Waals surface area contributed by atoms with Gasteiger partial charge < -0.3 is 9.47 Å². The van der Waals surface area contributed by atoms with E-state index in [4.69, 9.17) is 18.7 Å². The van der Waals surface area contributed by atoms with E-state index in [0.29, 0.717) is 54.3 Å². The maximum Gasteiger partial charge on any atom is 0.376 e. The lowest BCUT2D eigenvalue weighted by Gasteiger charge is -2.33. The number of ether oxygens (including phenoxy) is 2. The summed E-state index contributed by atoms with van der Waals surface area (Å²) in [6, 6.07) is 28.2. The molecule has 0 amide bonds. The number of benzene rings is 4. The molecule has 0 spiro atoms. The summed E-state index contributed by atoms with van der Waals surface area (Å²) in [6.45, 7) is 1.67. The van der Waals surface area contributed by atoms with E-state index in [0.717, 1.165) is 0 Å². The van der Waals surface area contributed by atoms with Gasteiger partial charge in [-0.3, -0.25) is 15.4 Å². The molecule has 0 heterocycles. The van der Waals surface area contributed by atoms with Gasteiger partial charge in [-0.25, -0.2) is 0 Å². The zero-order chi connectivity index (χ0) is 31.7. The number of nitrogens with zero attached hydrogens (tertiary/aromatic N) is 4. The van der Waals surface area contributed by atoms with Gasteiger partial charge in [0.2, 0.25) is 0 Å². The van der Waals surface area contributed by atoms with Crippen molar-refractivity contribution in [2.24, 2.45) is 0 Å². The van der Waals surface area contributed by atoms with Gasteiger partial charge in [-0.05, 0) is 80.4 Å². The molecule has 0 saturated heterocycles. The second kappa shape index (κ2) is 15.0. The van der Waals surface area contributed by atoms with E-state index >= 15 is 0 Å². The van der Waals surface area contributed by atoms with Crippen molar-refractivity contribution in [2.75, 3.05) is 41.6 Å². The Morgan fingerprint density at radius 2 is 1.14 bits per heavy atom. The number of para-hydroxylation sites is 2. The van der Waals surface area contributed by atoms with Crippen molar-refractivity contribution in [3.63, 3.8) is 0 Å². The van der Waals surface area contributed by atoms with Crippen LogP contribution in [0.3, 0.4) is 0 Å². The molecule has 0 aliphatic rings. The van der Waals surface area contributed by atoms with Gasteiger partial charge in [0.05, 0.1) is 55.0 Å². The van der Waals surface area contributed by atoms with Crippen LogP contribution in [-0.2, 0) is 13.8 Å². The highest BCUT2D eigenvalue weighted by Gasteiger charge is 2.33. The predicted octanol–water partition coefficient (Wildman–Crippen LogP) is 8.42. The standard InChI is InChI=1S/C30H27Br2N6O5P/c1-4-44(39,42-37(27-11-7-5-9-23(27)31)35-25-15-13-21(19-33)17-29(25)40-2)43-38(28-12-8-6-10-24(28)32)36-26-16-14-22(20-34)18-30(26)41-3/h5-18,35-36H,4H2,1-3H3. The number of nitrogens with one attached hydrogen (secondary N) is 2. The van der Waals surface area contributed by atoms with Crippen LogP contribution in [0.25, 0.3) is 0 Å². The van der Waals surface area contributed by atoms with Gasteiger partial charge >= 0.3 is 7.60 Å². The summed E-state index contributed by atoms with van der Waals surface area (Å²) in [5.74, 6) is 0.725. The molecular formula is C30H27Br2N6O5P. The highest BCUT2D eigenvalue weighted by atomic mass is 79.9. The molecular weight excluding hydrogens is 715 g/mol. The number of hydrogen-bond acceptors (Lipinski definition) is 11. The fourth-order valence-electron chi connectivity index (χ4n) is 3.79. The third-order valence-corrected chi connectivity index (χ3v) is 8.99. The molecule has 0 aliphatic heterocycles. The average molecular weight is 742 g/mol. The Morgan fingerprint density at radius 1 is 0.727 bits per heavy atom. The van der Waals surface area contributed by atoms with Crippen LogP contribution in [0, 0.1) is 22.7 Å². The fraction of sp³-hybridized carbons (Fsp3) is 0.133. The molecule has 0 bridgehead atoms. The topological polar surface area (TPSA) is 132 Å². The monoisotopic (exact) mass is 740 g/mol. The van der Waals surface area contributed by atoms with E-state index in [1.807, 2.05) is 12.1 Å². The molecule has 0 aromatic heterocycles. The quantitative estimate of drug-likeness (QED) is 0.101. The van der Waals surface area contributed by atoms with Gasteiger partial charge in [-0.15, -0.1) is 0 Å². The Bertz CT molecular complexity index is 1640. The number of anilines is 4. The lowest BCUT2D eigenvalue weighted by atomic mass is 10.2. The van der Waals surface area contributed by atoms with Gasteiger partial charge in [0, 0.05) is 21.1 Å². The Labute approximate surface area is 272 Å². The van der Waals surface area contributed by atoms with Crippen molar-refractivity contribution in [1.29, 1.82) is 10.5 Å². The van der Waals surface area contributed by atoms with E-state index in [1.165, 1.54) is 24.6 Å². The molecule has 2 N–H and O–H groups in total. The van der Waals surface area contributed by atoms with E-state index in [2.05, 4.69) is 54.8 Å². The second-order valence-corrected chi connectivity index (χ2v) is 12.7. The molecule has 4 aromatic carbocycles. The van der Waals surface area contributed by atoms with E-state index in [-0.39, 0.29) is 6.16 Å². The number of hydrazine groups is 2. The lowest BCUT2D eigenvalue weighted by molar-refractivity contribution is 0.190. The highest BCUT2D eigenvalue weighted by molar-refractivity contribution is 9.11. The summed E-state index contributed by atoms with van der Waals surface area (Å²) in [4.78, 5) is 0. The molecule has 0 fully saturated rings. The summed E-state index contributed by atoms with van der Waals surface area (Å²) >= 11 is 7.07.